The quantitative estimate of drug-likeness (QED) is 0.776. The molecule has 1 aliphatic rings. The van der Waals surface area contributed by atoms with Crippen LogP contribution < -0.4 is 0 Å². The fraction of sp³-hybridized carbons (Fsp3) is 0.333. The highest BCUT2D eigenvalue weighted by atomic mass is 16.5. The van der Waals surface area contributed by atoms with Crippen molar-refractivity contribution in [2.45, 2.75) is 19.4 Å². The number of allylic oxidation sites excluding steroid dienone is 1. The average molecular weight is 190 g/mol. The van der Waals surface area contributed by atoms with Crippen LogP contribution in [0.5, 0.6) is 0 Å². The molecular formula is C12H14O2. The fourth-order valence-electron chi connectivity index (χ4n) is 1.74. The summed E-state index contributed by atoms with van der Waals surface area (Å²) in [7, 11) is 0. The molecule has 0 radical (unpaired) electrons. The van der Waals surface area contributed by atoms with E-state index in [1.807, 2.05) is 25.1 Å². The van der Waals surface area contributed by atoms with E-state index in [0.29, 0.717) is 0 Å². The van der Waals surface area contributed by atoms with Crippen LogP contribution >= 0.6 is 0 Å². The van der Waals surface area contributed by atoms with Crippen molar-refractivity contribution in [3.05, 3.63) is 47.2 Å². The van der Waals surface area contributed by atoms with Crippen LogP contribution in [-0.4, -0.2) is 11.7 Å². The van der Waals surface area contributed by atoms with Crippen LogP contribution in [0.25, 0.3) is 0 Å². The maximum absolute atomic E-state index is 9.06. The zero-order chi connectivity index (χ0) is 9.97. The molecule has 2 rings (SSSR count). The SMILES string of the molecule is CC1=C(CO)CC(c2ccccc2)O1. The third-order valence-electron chi connectivity index (χ3n) is 2.61. The van der Waals surface area contributed by atoms with Crippen LogP contribution in [-0.2, 0) is 4.74 Å². The molecule has 1 aromatic rings. The monoisotopic (exact) mass is 190 g/mol. The largest absolute Gasteiger partial charge is 0.490 e. The molecule has 0 amide bonds. The summed E-state index contributed by atoms with van der Waals surface area (Å²) in [4.78, 5) is 0. The van der Waals surface area contributed by atoms with Gasteiger partial charge in [-0.1, -0.05) is 30.3 Å². The molecule has 0 spiro atoms. The highest BCUT2D eigenvalue weighted by molar-refractivity contribution is 5.24. The lowest BCUT2D eigenvalue weighted by Crippen LogP contribution is -1.96. The van der Waals surface area contributed by atoms with Gasteiger partial charge in [-0.25, -0.2) is 0 Å². The molecule has 0 fully saturated rings. The molecule has 0 bridgehead atoms. The maximum atomic E-state index is 9.06. The van der Waals surface area contributed by atoms with E-state index in [0.717, 1.165) is 17.8 Å². The van der Waals surface area contributed by atoms with Crippen molar-refractivity contribution in [3.8, 4) is 0 Å². The van der Waals surface area contributed by atoms with E-state index < -0.39 is 0 Å². The summed E-state index contributed by atoms with van der Waals surface area (Å²) in [6, 6.07) is 10.1. The van der Waals surface area contributed by atoms with Crippen LogP contribution in [0, 0.1) is 0 Å². The van der Waals surface area contributed by atoms with E-state index in [9.17, 15) is 0 Å². The van der Waals surface area contributed by atoms with Crippen molar-refractivity contribution in [3.63, 3.8) is 0 Å². The van der Waals surface area contributed by atoms with Crippen molar-refractivity contribution < 1.29 is 9.84 Å². The van der Waals surface area contributed by atoms with Crippen molar-refractivity contribution in [1.29, 1.82) is 0 Å². The average Bonchev–Trinajstić information content (AvgIpc) is 2.61. The molecule has 0 saturated carbocycles. The minimum absolute atomic E-state index is 0.0957. The molecule has 1 heterocycles. The number of hydrogen-bond acceptors (Lipinski definition) is 2. The first-order chi connectivity index (χ1) is 6.81. The van der Waals surface area contributed by atoms with Crippen LogP contribution in [0.15, 0.2) is 41.7 Å². The van der Waals surface area contributed by atoms with Gasteiger partial charge in [0.25, 0.3) is 0 Å². The first kappa shape index (κ1) is 9.28. The van der Waals surface area contributed by atoms with Crippen LogP contribution in [0.3, 0.4) is 0 Å². The first-order valence-electron chi connectivity index (χ1n) is 4.82. The predicted octanol–water partition coefficient (Wildman–Crippen LogP) is 2.41. The Hall–Kier alpha value is -1.28. The van der Waals surface area contributed by atoms with Gasteiger partial charge in [-0.3, -0.25) is 0 Å². The normalized spacial score (nSPS) is 21.1. The van der Waals surface area contributed by atoms with E-state index in [1.165, 1.54) is 5.56 Å². The van der Waals surface area contributed by atoms with Gasteiger partial charge >= 0.3 is 0 Å². The molecule has 1 aliphatic heterocycles. The molecule has 1 unspecified atom stereocenters. The summed E-state index contributed by atoms with van der Waals surface area (Å²) < 4.78 is 5.67. The molecule has 0 aromatic heterocycles. The third-order valence-corrected chi connectivity index (χ3v) is 2.61. The molecule has 1 atom stereocenters. The Morgan fingerprint density at radius 3 is 2.64 bits per heavy atom. The zero-order valence-electron chi connectivity index (χ0n) is 8.23. The lowest BCUT2D eigenvalue weighted by atomic mass is 10.0. The minimum atomic E-state index is 0.0957. The summed E-state index contributed by atoms with van der Waals surface area (Å²) in [5, 5.41) is 9.06. The van der Waals surface area contributed by atoms with Gasteiger partial charge in [0.2, 0.25) is 0 Å². The summed E-state index contributed by atoms with van der Waals surface area (Å²) in [5.74, 6) is 0.876. The van der Waals surface area contributed by atoms with Gasteiger partial charge in [0, 0.05) is 6.42 Å². The van der Waals surface area contributed by atoms with E-state index >= 15 is 0 Å². The van der Waals surface area contributed by atoms with Gasteiger partial charge in [-0.2, -0.15) is 0 Å². The summed E-state index contributed by atoms with van der Waals surface area (Å²) in [6.07, 6.45) is 0.908. The van der Waals surface area contributed by atoms with Crippen LogP contribution in [0.1, 0.15) is 25.0 Å². The molecular weight excluding hydrogens is 176 g/mol. The molecule has 2 heteroatoms. The van der Waals surface area contributed by atoms with Gasteiger partial charge in [0.1, 0.15) is 6.10 Å². The van der Waals surface area contributed by atoms with E-state index in [-0.39, 0.29) is 12.7 Å². The maximum Gasteiger partial charge on any atom is 0.127 e. The summed E-state index contributed by atoms with van der Waals surface area (Å²) in [5.41, 5.74) is 2.19. The molecule has 1 aromatic carbocycles. The zero-order valence-corrected chi connectivity index (χ0v) is 8.23. The van der Waals surface area contributed by atoms with Gasteiger partial charge in [-0.05, 0) is 18.1 Å². The van der Waals surface area contributed by atoms with E-state index in [2.05, 4.69) is 12.1 Å². The van der Waals surface area contributed by atoms with Crippen molar-refractivity contribution in [2.24, 2.45) is 0 Å². The Bertz CT molecular complexity index is 341. The second kappa shape index (κ2) is 3.84. The molecule has 0 aliphatic carbocycles. The van der Waals surface area contributed by atoms with Gasteiger partial charge in [0.05, 0.1) is 12.4 Å². The van der Waals surface area contributed by atoms with Crippen LogP contribution in [0.4, 0.5) is 0 Å². The standard InChI is InChI=1S/C12H14O2/c1-9-11(8-13)7-12(14-9)10-5-3-2-4-6-10/h2-6,12-13H,7-8H2,1H3. The number of aliphatic hydroxyl groups is 1. The van der Waals surface area contributed by atoms with Crippen LogP contribution in [0.2, 0.25) is 0 Å². The van der Waals surface area contributed by atoms with Crippen molar-refractivity contribution in [1.82, 2.24) is 0 Å². The summed E-state index contributed by atoms with van der Waals surface area (Å²) in [6.45, 7) is 2.02. The number of rotatable bonds is 2. The highest BCUT2D eigenvalue weighted by Crippen LogP contribution is 2.35. The lowest BCUT2D eigenvalue weighted by molar-refractivity contribution is 0.147. The van der Waals surface area contributed by atoms with Gasteiger partial charge in [0.15, 0.2) is 0 Å². The molecule has 1 N–H and O–H groups in total. The van der Waals surface area contributed by atoms with Gasteiger partial charge < -0.3 is 9.84 Å². The Morgan fingerprint density at radius 1 is 1.36 bits per heavy atom. The molecule has 14 heavy (non-hydrogen) atoms. The summed E-state index contributed by atoms with van der Waals surface area (Å²) >= 11 is 0. The number of benzene rings is 1. The molecule has 74 valence electrons. The van der Waals surface area contributed by atoms with Crippen molar-refractivity contribution in [2.75, 3.05) is 6.61 Å². The lowest BCUT2D eigenvalue weighted by Gasteiger charge is -2.11. The molecule has 0 saturated heterocycles. The first-order valence-corrected chi connectivity index (χ1v) is 4.82. The highest BCUT2D eigenvalue weighted by Gasteiger charge is 2.23. The van der Waals surface area contributed by atoms with E-state index in [4.69, 9.17) is 9.84 Å². The van der Waals surface area contributed by atoms with Crippen molar-refractivity contribution >= 4 is 0 Å². The smallest absolute Gasteiger partial charge is 0.127 e. The third kappa shape index (κ3) is 1.66. The minimum Gasteiger partial charge on any atom is -0.490 e. The second-order valence-electron chi connectivity index (χ2n) is 3.54. The number of ether oxygens (including phenoxy) is 1. The predicted molar refractivity (Wildman–Crippen MR) is 54.7 cm³/mol. The Balaban J connectivity index is 2.13. The Kier molecular flexibility index (Phi) is 2.55. The second-order valence-corrected chi connectivity index (χ2v) is 3.54. The Morgan fingerprint density at radius 2 is 2.07 bits per heavy atom. The van der Waals surface area contributed by atoms with Gasteiger partial charge in [-0.15, -0.1) is 0 Å². The molecule has 2 nitrogen and oxygen atoms in total. The number of aliphatic hydroxyl groups excluding tert-OH is 1. The topological polar surface area (TPSA) is 29.5 Å². The number of hydrogen-bond donors (Lipinski definition) is 1. The fourth-order valence-corrected chi connectivity index (χ4v) is 1.74. The van der Waals surface area contributed by atoms with E-state index in [1.54, 1.807) is 0 Å². The Labute approximate surface area is 83.8 Å².